The highest BCUT2D eigenvalue weighted by Gasteiger charge is 2.32. The van der Waals surface area contributed by atoms with Crippen LogP contribution < -0.4 is 5.14 Å². The summed E-state index contributed by atoms with van der Waals surface area (Å²) in [4.78, 5) is 14.1. The molecule has 0 atom stereocenters. The Bertz CT molecular complexity index is 611. The van der Waals surface area contributed by atoms with E-state index in [1.165, 1.54) is 12.1 Å². The largest absolute Gasteiger partial charge is 0.336 e. The van der Waals surface area contributed by atoms with Crippen LogP contribution >= 0.6 is 15.9 Å². The Morgan fingerprint density at radius 3 is 2.53 bits per heavy atom. The highest BCUT2D eigenvalue weighted by molar-refractivity contribution is 9.10. The smallest absolute Gasteiger partial charge is 0.254 e. The molecule has 0 aliphatic heterocycles. The SMILES string of the molecule is CCN(C(=O)c1cc(Br)cc(S(N)(=O)=O)c1)C1CC1. The third kappa shape index (κ3) is 3.34. The molecular weight excluding hydrogens is 332 g/mol. The van der Waals surface area contributed by atoms with Gasteiger partial charge in [-0.05, 0) is 38.0 Å². The fraction of sp³-hybridized carbons (Fsp3) is 0.417. The zero-order chi connectivity index (χ0) is 14.2. The molecule has 1 amide bonds. The van der Waals surface area contributed by atoms with Crippen LogP contribution in [0.25, 0.3) is 0 Å². The van der Waals surface area contributed by atoms with E-state index in [-0.39, 0.29) is 16.8 Å². The van der Waals surface area contributed by atoms with Crippen molar-refractivity contribution in [2.75, 3.05) is 6.54 Å². The number of carbonyl (C=O) groups is 1. The molecule has 0 unspecified atom stereocenters. The summed E-state index contributed by atoms with van der Waals surface area (Å²) in [6.07, 6.45) is 2.02. The van der Waals surface area contributed by atoms with Gasteiger partial charge in [-0.25, -0.2) is 13.6 Å². The van der Waals surface area contributed by atoms with Gasteiger partial charge < -0.3 is 4.90 Å². The van der Waals surface area contributed by atoms with Gasteiger partial charge in [-0.1, -0.05) is 15.9 Å². The monoisotopic (exact) mass is 346 g/mol. The van der Waals surface area contributed by atoms with Gasteiger partial charge in [-0.3, -0.25) is 4.79 Å². The van der Waals surface area contributed by atoms with Gasteiger partial charge in [0.25, 0.3) is 5.91 Å². The van der Waals surface area contributed by atoms with Gasteiger partial charge in [0.2, 0.25) is 10.0 Å². The van der Waals surface area contributed by atoms with E-state index in [4.69, 9.17) is 5.14 Å². The number of rotatable bonds is 4. The fourth-order valence-corrected chi connectivity index (χ4v) is 3.20. The van der Waals surface area contributed by atoms with Crippen LogP contribution in [0, 0.1) is 0 Å². The molecular formula is C12H15BrN2O3S. The predicted octanol–water partition coefficient (Wildman–Crippen LogP) is 1.72. The van der Waals surface area contributed by atoms with Crippen molar-refractivity contribution in [3.8, 4) is 0 Å². The van der Waals surface area contributed by atoms with Gasteiger partial charge in [0.1, 0.15) is 0 Å². The minimum Gasteiger partial charge on any atom is -0.336 e. The molecule has 5 nitrogen and oxygen atoms in total. The van der Waals surface area contributed by atoms with E-state index in [1.807, 2.05) is 6.92 Å². The van der Waals surface area contributed by atoms with E-state index >= 15 is 0 Å². The van der Waals surface area contributed by atoms with Crippen LogP contribution in [0.15, 0.2) is 27.6 Å². The number of carbonyl (C=O) groups excluding carboxylic acids is 1. The Morgan fingerprint density at radius 2 is 2.05 bits per heavy atom. The second kappa shape index (κ2) is 5.22. The third-order valence-electron chi connectivity index (χ3n) is 3.04. The molecule has 0 spiro atoms. The summed E-state index contributed by atoms with van der Waals surface area (Å²) in [7, 11) is -3.82. The van der Waals surface area contributed by atoms with E-state index in [1.54, 1.807) is 11.0 Å². The minimum absolute atomic E-state index is 0.0583. The Hall–Kier alpha value is -0.920. The minimum atomic E-state index is -3.82. The van der Waals surface area contributed by atoms with Crippen LogP contribution in [0.4, 0.5) is 0 Å². The standard InChI is InChI=1S/C12H15BrN2O3S/c1-2-15(10-3-4-10)12(16)8-5-9(13)7-11(6-8)19(14,17)18/h5-7,10H,2-4H2,1H3,(H2,14,17,18). The number of amides is 1. The molecule has 0 heterocycles. The topological polar surface area (TPSA) is 80.5 Å². The maximum absolute atomic E-state index is 12.4. The highest BCUT2D eigenvalue weighted by atomic mass is 79.9. The summed E-state index contributed by atoms with van der Waals surface area (Å²) < 4.78 is 23.3. The number of benzene rings is 1. The first-order valence-corrected chi connectivity index (χ1v) is 8.31. The van der Waals surface area contributed by atoms with Crippen LogP contribution in [-0.2, 0) is 10.0 Å². The molecule has 0 saturated heterocycles. The zero-order valence-corrected chi connectivity index (χ0v) is 12.9. The van der Waals surface area contributed by atoms with Crippen molar-refractivity contribution in [1.29, 1.82) is 0 Å². The first-order valence-electron chi connectivity index (χ1n) is 5.97. The molecule has 1 aliphatic carbocycles. The molecule has 19 heavy (non-hydrogen) atoms. The van der Waals surface area contributed by atoms with Crippen molar-refractivity contribution in [3.05, 3.63) is 28.2 Å². The van der Waals surface area contributed by atoms with Gasteiger partial charge in [0.05, 0.1) is 4.90 Å². The van der Waals surface area contributed by atoms with E-state index in [0.717, 1.165) is 12.8 Å². The van der Waals surface area contributed by atoms with Gasteiger partial charge >= 0.3 is 0 Å². The lowest BCUT2D eigenvalue weighted by atomic mass is 10.2. The van der Waals surface area contributed by atoms with E-state index in [2.05, 4.69) is 15.9 Å². The van der Waals surface area contributed by atoms with Gasteiger partial charge in [-0.2, -0.15) is 0 Å². The average molecular weight is 347 g/mol. The maximum Gasteiger partial charge on any atom is 0.254 e. The first kappa shape index (κ1) is 14.5. The van der Waals surface area contributed by atoms with Crippen LogP contribution in [0.5, 0.6) is 0 Å². The van der Waals surface area contributed by atoms with E-state index < -0.39 is 10.0 Å². The average Bonchev–Trinajstić information content (AvgIpc) is 3.12. The second-order valence-corrected chi connectivity index (χ2v) is 7.02. The van der Waals surface area contributed by atoms with Crippen molar-refractivity contribution in [3.63, 3.8) is 0 Å². The summed E-state index contributed by atoms with van der Waals surface area (Å²) >= 11 is 3.21. The summed E-state index contributed by atoms with van der Waals surface area (Å²) in [5, 5.41) is 5.10. The predicted molar refractivity (Wildman–Crippen MR) is 75.2 cm³/mol. The molecule has 1 aromatic carbocycles. The third-order valence-corrected chi connectivity index (χ3v) is 4.39. The maximum atomic E-state index is 12.4. The van der Waals surface area contributed by atoms with Crippen molar-refractivity contribution >= 4 is 31.9 Å². The van der Waals surface area contributed by atoms with E-state index in [0.29, 0.717) is 16.6 Å². The van der Waals surface area contributed by atoms with Crippen LogP contribution in [0.1, 0.15) is 30.1 Å². The molecule has 2 rings (SSSR count). The number of hydrogen-bond donors (Lipinski definition) is 1. The van der Waals surface area contributed by atoms with Crippen molar-refractivity contribution in [2.45, 2.75) is 30.7 Å². The zero-order valence-electron chi connectivity index (χ0n) is 10.5. The van der Waals surface area contributed by atoms with Crippen molar-refractivity contribution in [2.24, 2.45) is 5.14 Å². The first-order chi connectivity index (χ1) is 8.82. The van der Waals surface area contributed by atoms with Gasteiger partial charge in [-0.15, -0.1) is 0 Å². The number of nitrogens with zero attached hydrogens (tertiary/aromatic N) is 1. The van der Waals surface area contributed by atoms with Crippen molar-refractivity contribution in [1.82, 2.24) is 4.90 Å². The Kier molecular flexibility index (Phi) is 3.98. The molecule has 0 aromatic heterocycles. The lowest BCUT2D eigenvalue weighted by Gasteiger charge is -2.20. The number of hydrogen-bond acceptors (Lipinski definition) is 3. The van der Waals surface area contributed by atoms with Crippen LogP contribution in [0.3, 0.4) is 0 Å². The molecule has 1 aliphatic rings. The lowest BCUT2D eigenvalue weighted by molar-refractivity contribution is 0.0752. The quantitative estimate of drug-likeness (QED) is 0.901. The number of primary sulfonamides is 1. The summed E-state index contributed by atoms with van der Waals surface area (Å²) in [6, 6.07) is 4.61. The van der Waals surface area contributed by atoms with Gasteiger partial charge in [0.15, 0.2) is 0 Å². The summed E-state index contributed by atoms with van der Waals surface area (Å²) in [5.41, 5.74) is 0.340. The number of nitrogens with two attached hydrogens (primary N) is 1. The molecule has 0 radical (unpaired) electrons. The van der Waals surface area contributed by atoms with Crippen LogP contribution in [0.2, 0.25) is 0 Å². The summed E-state index contributed by atoms with van der Waals surface area (Å²) in [5.74, 6) is -0.156. The second-order valence-electron chi connectivity index (χ2n) is 4.54. The highest BCUT2D eigenvalue weighted by Crippen LogP contribution is 2.29. The molecule has 0 bridgehead atoms. The molecule has 104 valence electrons. The molecule has 7 heteroatoms. The van der Waals surface area contributed by atoms with E-state index in [9.17, 15) is 13.2 Å². The Morgan fingerprint density at radius 1 is 1.42 bits per heavy atom. The van der Waals surface area contributed by atoms with Crippen molar-refractivity contribution < 1.29 is 13.2 Å². The molecule has 2 N–H and O–H groups in total. The summed E-state index contributed by atoms with van der Waals surface area (Å²) in [6.45, 7) is 2.52. The molecule has 1 aromatic rings. The van der Waals surface area contributed by atoms with Gasteiger partial charge in [0, 0.05) is 22.6 Å². The van der Waals surface area contributed by atoms with Crippen LogP contribution in [-0.4, -0.2) is 31.8 Å². The number of sulfonamides is 1. The number of halogens is 1. The lowest BCUT2D eigenvalue weighted by Crippen LogP contribution is -2.33. The fourth-order valence-electron chi connectivity index (χ4n) is 1.97. The molecule has 1 fully saturated rings. The molecule has 1 saturated carbocycles. The Balaban J connectivity index is 2.39. The normalized spacial score (nSPS) is 15.3. The Labute approximate surface area is 121 Å².